The lowest BCUT2D eigenvalue weighted by molar-refractivity contribution is -0.157. The highest BCUT2D eigenvalue weighted by Crippen LogP contribution is 2.35. The van der Waals surface area contributed by atoms with Crippen molar-refractivity contribution < 1.29 is 28.2 Å². The molecule has 0 saturated heterocycles. The molecule has 0 bridgehead atoms. The summed E-state index contributed by atoms with van der Waals surface area (Å²) >= 11 is 0. The lowest BCUT2D eigenvalue weighted by Gasteiger charge is -2.13. The summed E-state index contributed by atoms with van der Waals surface area (Å²) in [6, 6.07) is 16.3. The van der Waals surface area contributed by atoms with Crippen LogP contribution in [0.5, 0.6) is 5.75 Å². The second-order valence-corrected chi connectivity index (χ2v) is 6.27. The van der Waals surface area contributed by atoms with Gasteiger partial charge in [-0.15, -0.1) is 0 Å². The van der Waals surface area contributed by atoms with Crippen LogP contribution in [-0.4, -0.2) is 37.2 Å². The van der Waals surface area contributed by atoms with Gasteiger partial charge in [-0.3, -0.25) is 9.59 Å². The largest absolute Gasteiger partial charge is 0.497 e. The Bertz CT molecular complexity index is 976. The molecular formula is C23H23NO6. The molecule has 7 nitrogen and oxygen atoms in total. The van der Waals surface area contributed by atoms with Crippen molar-refractivity contribution in [2.45, 2.75) is 19.8 Å². The van der Waals surface area contributed by atoms with E-state index in [1.54, 1.807) is 45.2 Å². The number of hydrogen-bond acceptors (Lipinski definition) is 7. The zero-order valence-electron chi connectivity index (χ0n) is 17.1. The van der Waals surface area contributed by atoms with E-state index in [9.17, 15) is 9.59 Å². The Balaban J connectivity index is 2.15. The van der Waals surface area contributed by atoms with Crippen LogP contribution in [0, 0.1) is 0 Å². The second-order valence-electron chi connectivity index (χ2n) is 6.27. The van der Waals surface area contributed by atoms with Crippen molar-refractivity contribution in [3.8, 4) is 28.5 Å². The maximum atomic E-state index is 12.7. The normalized spacial score (nSPS) is 10.7. The summed E-state index contributed by atoms with van der Waals surface area (Å²) in [6.45, 7) is 3.59. The van der Waals surface area contributed by atoms with E-state index in [2.05, 4.69) is 4.98 Å². The molecule has 0 radical (unpaired) electrons. The highest BCUT2D eigenvalue weighted by Gasteiger charge is 2.37. The monoisotopic (exact) mass is 409 g/mol. The molecule has 0 fully saturated rings. The molecule has 0 aliphatic carbocycles. The number of carbonyl (C=O) groups excluding carboxylic acids is 2. The summed E-state index contributed by atoms with van der Waals surface area (Å²) in [6.07, 6.45) is 0. The van der Waals surface area contributed by atoms with Gasteiger partial charge in [0.2, 0.25) is 5.89 Å². The van der Waals surface area contributed by atoms with Gasteiger partial charge in [0, 0.05) is 11.1 Å². The number of ether oxygens (including phenoxy) is 3. The first-order valence-electron chi connectivity index (χ1n) is 9.62. The van der Waals surface area contributed by atoms with Gasteiger partial charge in [0.25, 0.3) is 0 Å². The zero-order chi connectivity index (χ0) is 21.5. The lowest BCUT2D eigenvalue weighted by Crippen LogP contribution is -2.27. The van der Waals surface area contributed by atoms with Crippen LogP contribution in [0.3, 0.4) is 0 Å². The van der Waals surface area contributed by atoms with Crippen LogP contribution in [0.25, 0.3) is 22.8 Å². The standard InChI is InChI=1S/C23H23NO6/c1-4-28-22(25)18(23(26)29-5-2)19-20(15-9-7-6-8-10-15)30-21(24-19)16-11-13-17(27-3)14-12-16/h6-14,18H,4-5H2,1-3H3. The number of oxazole rings is 1. The summed E-state index contributed by atoms with van der Waals surface area (Å²) in [5.41, 5.74) is 1.51. The number of benzene rings is 2. The van der Waals surface area contributed by atoms with Crippen molar-refractivity contribution in [2.75, 3.05) is 20.3 Å². The zero-order valence-corrected chi connectivity index (χ0v) is 17.1. The molecular weight excluding hydrogens is 386 g/mol. The van der Waals surface area contributed by atoms with Gasteiger partial charge in [0.05, 0.1) is 20.3 Å². The first kappa shape index (κ1) is 21.1. The van der Waals surface area contributed by atoms with Crippen LogP contribution in [0.4, 0.5) is 0 Å². The van der Waals surface area contributed by atoms with Gasteiger partial charge in [0.15, 0.2) is 11.7 Å². The third kappa shape index (κ3) is 4.51. The van der Waals surface area contributed by atoms with E-state index in [1.165, 1.54) is 0 Å². The van der Waals surface area contributed by atoms with Gasteiger partial charge in [-0.2, -0.15) is 0 Å². The van der Waals surface area contributed by atoms with Gasteiger partial charge >= 0.3 is 11.9 Å². The van der Waals surface area contributed by atoms with E-state index in [4.69, 9.17) is 18.6 Å². The Labute approximate surface area is 174 Å². The molecule has 7 heteroatoms. The maximum Gasteiger partial charge on any atom is 0.326 e. The third-order valence-electron chi connectivity index (χ3n) is 4.34. The minimum atomic E-state index is -1.35. The van der Waals surface area contributed by atoms with Crippen molar-refractivity contribution in [3.63, 3.8) is 0 Å². The number of hydrogen-bond donors (Lipinski definition) is 0. The maximum absolute atomic E-state index is 12.7. The Morgan fingerprint density at radius 1 is 0.900 bits per heavy atom. The fourth-order valence-electron chi connectivity index (χ4n) is 2.95. The smallest absolute Gasteiger partial charge is 0.326 e. The minimum Gasteiger partial charge on any atom is -0.497 e. The van der Waals surface area contributed by atoms with E-state index >= 15 is 0 Å². The number of aromatic nitrogens is 1. The number of esters is 2. The summed E-state index contributed by atoms with van der Waals surface area (Å²) < 4.78 is 21.5. The molecule has 0 atom stereocenters. The predicted octanol–water partition coefficient (Wildman–Crippen LogP) is 4.23. The molecule has 2 aromatic carbocycles. The SMILES string of the molecule is CCOC(=O)C(C(=O)OCC)c1nc(-c2ccc(OC)cc2)oc1-c1ccccc1. The number of nitrogens with zero attached hydrogens (tertiary/aromatic N) is 1. The van der Waals surface area contributed by atoms with E-state index in [1.807, 2.05) is 30.3 Å². The molecule has 156 valence electrons. The quantitative estimate of drug-likeness (QED) is 0.406. The Kier molecular flexibility index (Phi) is 6.85. The van der Waals surface area contributed by atoms with Crippen molar-refractivity contribution in [1.82, 2.24) is 4.98 Å². The molecule has 1 aromatic heterocycles. The van der Waals surface area contributed by atoms with Crippen molar-refractivity contribution in [3.05, 3.63) is 60.3 Å². The second kappa shape index (κ2) is 9.73. The van der Waals surface area contributed by atoms with Gasteiger partial charge in [-0.05, 0) is 38.1 Å². The Hall–Kier alpha value is -3.61. The highest BCUT2D eigenvalue weighted by atomic mass is 16.6. The highest BCUT2D eigenvalue weighted by molar-refractivity contribution is 6.01. The molecule has 0 aliphatic heterocycles. The van der Waals surface area contributed by atoms with Crippen molar-refractivity contribution in [2.24, 2.45) is 0 Å². The van der Waals surface area contributed by atoms with Crippen LogP contribution in [0.2, 0.25) is 0 Å². The first-order chi connectivity index (χ1) is 14.6. The van der Waals surface area contributed by atoms with Gasteiger partial charge < -0.3 is 18.6 Å². The van der Waals surface area contributed by atoms with Crippen molar-refractivity contribution >= 4 is 11.9 Å². The van der Waals surface area contributed by atoms with E-state index in [0.717, 1.165) is 0 Å². The molecule has 0 aliphatic rings. The van der Waals surface area contributed by atoms with Gasteiger partial charge in [0.1, 0.15) is 11.4 Å². The predicted molar refractivity (Wildman–Crippen MR) is 110 cm³/mol. The summed E-state index contributed by atoms with van der Waals surface area (Å²) in [7, 11) is 1.58. The summed E-state index contributed by atoms with van der Waals surface area (Å²) in [4.78, 5) is 29.8. The van der Waals surface area contributed by atoms with Crippen LogP contribution >= 0.6 is 0 Å². The van der Waals surface area contributed by atoms with Crippen LogP contribution in [0.15, 0.2) is 59.0 Å². The molecule has 30 heavy (non-hydrogen) atoms. The lowest BCUT2D eigenvalue weighted by atomic mass is 10.0. The van der Waals surface area contributed by atoms with E-state index in [0.29, 0.717) is 22.6 Å². The molecule has 0 spiro atoms. The Morgan fingerprint density at radius 2 is 1.50 bits per heavy atom. The fourth-order valence-corrected chi connectivity index (χ4v) is 2.95. The first-order valence-corrected chi connectivity index (χ1v) is 9.62. The van der Waals surface area contributed by atoms with Crippen molar-refractivity contribution in [1.29, 1.82) is 0 Å². The molecule has 3 rings (SSSR count). The number of methoxy groups -OCH3 is 1. The Morgan fingerprint density at radius 3 is 2.03 bits per heavy atom. The molecule has 0 unspecified atom stereocenters. The van der Waals surface area contributed by atoms with Gasteiger partial charge in [-0.1, -0.05) is 30.3 Å². The topological polar surface area (TPSA) is 87.9 Å². The molecule has 1 heterocycles. The molecule has 3 aromatic rings. The van der Waals surface area contributed by atoms with Crippen LogP contribution < -0.4 is 4.74 Å². The van der Waals surface area contributed by atoms with Crippen LogP contribution in [0.1, 0.15) is 25.5 Å². The fraction of sp³-hybridized carbons (Fsp3) is 0.261. The average molecular weight is 409 g/mol. The van der Waals surface area contributed by atoms with E-state index < -0.39 is 17.9 Å². The molecule has 0 amide bonds. The number of carbonyl (C=O) groups is 2. The minimum absolute atomic E-state index is 0.124. The average Bonchev–Trinajstić information content (AvgIpc) is 3.20. The van der Waals surface area contributed by atoms with Crippen LogP contribution in [-0.2, 0) is 19.1 Å². The summed E-state index contributed by atoms with van der Waals surface area (Å²) in [5, 5.41) is 0. The molecule has 0 N–H and O–H groups in total. The molecule has 0 saturated carbocycles. The van der Waals surface area contributed by atoms with Gasteiger partial charge in [-0.25, -0.2) is 4.98 Å². The summed E-state index contributed by atoms with van der Waals surface area (Å²) in [5.74, 6) is -1.55. The van der Waals surface area contributed by atoms with E-state index in [-0.39, 0.29) is 24.8 Å². The third-order valence-corrected chi connectivity index (χ3v) is 4.34. The number of rotatable bonds is 8.